The molecule has 20 heavy (non-hydrogen) atoms. The fraction of sp³-hybridized carbons (Fsp3) is 1.00. The Morgan fingerprint density at radius 2 is 1.60 bits per heavy atom. The van der Waals surface area contributed by atoms with E-state index in [-0.39, 0.29) is 0 Å². The van der Waals surface area contributed by atoms with Gasteiger partial charge in [0.15, 0.2) is 0 Å². The smallest absolute Gasteiger partial charge is 0.0249 e. The molecule has 0 bridgehead atoms. The minimum atomic E-state index is 0.723. The minimum Gasteiger partial charge on any atom is -0.315 e. The van der Waals surface area contributed by atoms with Crippen LogP contribution in [-0.4, -0.2) is 62.7 Å². The van der Waals surface area contributed by atoms with Crippen molar-refractivity contribution >= 4 is 0 Å². The summed E-state index contributed by atoms with van der Waals surface area (Å²) in [6.45, 7) is 3.91. The predicted molar refractivity (Wildman–Crippen MR) is 87.2 cm³/mol. The first-order valence-corrected chi connectivity index (χ1v) is 8.76. The van der Waals surface area contributed by atoms with Gasteiger partial charge in [-0.3, -0.25) is 4.90 Å². The number of rotatable bonds is 4. The number of hydrogen-bond acceptors (Lipinski definition) is 3. The van der Waals surface area contributed by atoms with Gasteiger partial charge in [-0.05, 0) is 65.8 Å². The van der Waals surface area contributed by atoms with Crippen molar-refractivity contribution in [3.05, 3.63) is 0 Å². The molecule has 0 aromatic carbocycles. The molecule has 0 aromatic rings. The minimum absolute atomic E-state index is 0.723. The molecular weight excluding hydrogens is 246 g/mol. The average Bonchev–Trinajstić information content (AvgIpc) is 2.39. The van der Waals surface area contributed by atoms with E-state index in [4.69, 9.17) is 0 Å². The summed E-state index contributed by atoms with van der Waals surface area (Å²) in [6.07, 6.45) is 11.3. The van der Waals surface area contributed by atoms with Gasteiger partial charge in [-0.25, -0.2) is 0 Å². The van der Waals surface area contributed by atoms with Gasteiger partial charge in [-0.1, -0.05) is 25.7 Å². The van der Waals surface area contributed by atoms with Crippen LogP contribution >= 0.6 is 0 Å². The van der Waals surface area contributed by atoms with Gasteiger partial charge in [0, 0.05) is 18.6 Å². The number of likely N-dealkylation sites (tertiary alicyclic amines) is 1. The molecule has 0 aromatic heterocycles. The average molecular weight is 281 g/mol. The third-order valence-electron chi connectivity index (χ3n) is 5.34. The van der Waals surface area contributed by atoms with Crippen LogP contribution in [0.4, 0.5) is 0 Å². The highest BCUT2D eigenvalue weighted by molar-refractivity contribution is 4.88. The van der Waals surface area contributed by atoms with Crippen molar-refractivity contribution in [3.63, 3.8) is 0 Å². The highest BCUT2D eigenvalue weighted by atomic mass is 15.2. The van der Waals surface area contributed by atoms with Crippen LogP contribution in [0, 0.1) is 5.92 Å². The van der Waals surface area contributed by atoms with E-state index in [0.717, 1.165) is 18.0 Å². The number of nitrogens with one attached hydrogen (secondary N) is 1. The lowest BCUT2D eigenvalue weighted by Gasteiger charge is -2.42. The van der Waals surface area contributed by atoms with Gasteiger partial charge >= 0.3 is 0 Å². The van der Waals surface area contributed by atoms with E-state index in [1.54, 1.807) is 0 Å². The second-order valence-corrected chi connectivity index (χ2v) is 7.20. The van der Waals surface area contributed by atoms with E-state index in [2.05, 4.69) is 36.3 Å². The number of nitrogens with zero attached hydrogens (tertiary/aromatic N) is 2. The largest absolute Gasteiger partial charge is 0.315 e. The number of likely N-dealkylation sites (N-methyl/N-ethyl adjacent to an activating group) is 1. The van der Waals surface area contributed by atoms with E-state index in [0.29, 0.717) is 0 Å². The van der Waals surface area contributed by atoms with Crippen molar-refractivity contribution in [2.24, 2.45) is 5.92 Å². The van der Waals surface area contributed by atoms with Crippen LogP contribution in [0.15, 0.2) is 0 Å². The summed E-state index contributed by atoms with van der Waals surface area (Å²) in [7, 11) is 6.58. The monoisotopic (exact) mass is 281 g/mol. The van der Waals surface area contributed by atoms with Crippen LogP contribution in [0.25, 0.3) is 0 Å². The van der Waals surface area contributed by atoms with Gasteiger partial charge in [0.2, 0.25) is 0 Å². The van der Waals surface area contributed by atoms with Gasteiger partial charge in [0.25, 0.3) is 0 Å². The summed E-state index contributed by atoms with van der Waals surface area (Å²) in [5.41, 5.74) is 0. The molecule has 1 saturated heterocycles. The Kier molecular flexibility index (Phi) is 6.79. The van der Waals surface area contributed by atoms with E-state index in [9.17, 15) is 0 Å². The van der Waals surface area contributed by atoms with Crippen LogP contribution in [0.1, 0.15) is 51.4 Å². The zero-order valence-corrected chi connectivity index (χ0v) is 13.9. The second kappa shape index (κ2) is 8.35. The summed E-state index contributed by atoms with van der Waals surface area (Å²) < 4.78 is 0. The molecule has 1 aliphatic carbocycles. The Morgan fingerprint density at radius 1 is 0.950 bits per heavy atom. The lowest BCUT2D eigenvalue weighted by molar-refractivity contribution is 0.0862. The van der Waals surface area contributed by atoms with Crippen molar-refractivity contribution in [2.45, 2.75) is 63.5 Å². The van der Waals surface area contributed by atoms with Crippen LogP contribution < -0.4 is 5.32 Å². The summed E-state index contributed by atoms with van der Waals surface area (Å²) in [5, 5.41) is 3.61. The first-order valence-electron chi connectivity index (χ1n) is 8.76. The maximum atomic E-state index is 3.61. The fourth-order valence-electron chi connectivity index (χ4n) is 4.22. The van der Waals surface area contributed by atoms with Crippen LogP contribution in [0.5, 0.6) is 0 Å². The fourth-order valence-corrected chi connectivity index (χ4v) is 4.22. The SMILES string of the molecule is CNC1CCCCCCC1N1CCC(CN(C)C)CC1. The molecule has 118 valence electrons. The van der Waals surface area contributed by atoms with Crippen molar-refractivity contribution in [2.75, 3.05) is 40.8 Å². The van der Waals surface area contributed by atoms with Gasteiger partial charge in [-0.2, -0.15) is 0 Å². The number of piperidine rings is 1. The zero-order chi connectivity index (χ0) is 14.4. The quantitative estimate of drug-likeness (QED) is 0.854. The maximum absolute atomic E-state index is 3.61. The van der Waals surface area contributed by atoms with E-state index >= 15 is 0 Å². The van der Waals surface area contributed by atoms with E-state index in [1.807, 2.05) is 0 Å². The van der Waals surface area contributed by atoms with Gasteiger partial charge < -0.3 is 10.2 Å². The molecule has 3 nitrogen and oxygen atoms in total. The number of hydrogen-bond donors (Lipinski definition) is 1. The Balaban J connectivity index is 1.86. The molecule has 2 rings (SSSR count). The molecule has 0 radical (unpaired) electrons. The van der Waals surface area contributed by atoms with Crippen molar-refractivity contribution in [3.8, 4) is 0 Å². The standard InChI is InChI=1S/C17H35N3/c1-18-16-8-6-4-5-7-9-17(16)20-12-10-15(11-13-20)14-19(2)3/h15-18H,4-14H2,1-3H3. The van der Waals surface area contributed by atoms with E-state index < -0.39 is 0 Å². The zero-order valence-electron chi connectivity index (χ0n) is 13.9. The summed E-state index contributed by atoms with van der Waals surface area (Å²) in [6, 6.07) is 1.52. The Labute approximate surface area is 126 Å². The van der Waals surface area contributed by atoms with Crippen LogP contribution in [-0.2, 0) is 0 Å². The summed E-state index contributed by atoms with van der Waals surface area (Å²) in [4.78, 5) is 5.16. The highest BCUT2D eigenvalue weighted by Crippen LogP contribution is 2.26. The lowest BCUT2D eigenvalue weighted by Crippen LogP contribution is -2.52. The Bertz CT molecular complexity index is 259. The third-order valence-corrected chi connectivity index (χ3v) is 5.34. The maximum Gasteiger partial charge on any atom is 0.0249 e. The molecule has 1 aliphatic heterocycles. The lowest BCUT2D eigenvalue weighted by atomic mass is 9.88. The molecule has 0 amide bonds. The molecule has 1 heterocycles. The van der Waals surface area contributed by atoms with Crippen molar-refractivity contribution < 1.29 is 0 Å². The predicted octanol–water partition coefficient (Wildman–Crippen LogP) is 2.57. The molecule has 2 unspecified atom stereocenters. The van der Waals surface area contributed by atoms with Crippen molar-refractivity contribution in [1.82, 2.24) is 15.1 Å². The highest BCUT2D eigenvalue weighted by Gasteiger charge is 2.30. The molecule has 2 aliphatic rings. The molecule has 2 atom stereocenters. The van der Waals surface area contributed by atoms with E-state index in [1.165, 1.54) is 71.0 Å². The van der Waals surface area contributed by atoms with Gasteiger partial charge in [0.05, 0.1) is 0 Å². The second-order valence-electron chi connectivity index (χ2n) is 7.20. The molecule has 0 spiro atoms. The Morgan fingerprint density at radius 3 is 2.20 bits per heavy atom. The summed E-state index contributed by atoms with van der Waals surface area (Å²) in [5.74, 6) is 0.919. The first-order chi connectivity index (χ1) is 9.70. The molecule has 1 N–H and O–H groups in total. The molecule has 3 heteroatoms. The normalized spacial score (nSPS) is 31.2. The van der Waals surface area contributed by atoms with Gasteiger partial charge in [0.1, 0.15) is 0 Å². The molecule has 1 saturated carbocycles. The molecular formula is C17H35N3. The third kappa shape index (κ3) is 4.71. The topological polar surface area (TPSA) is 18.5 Å². The van der Waals surface area contributed by atoms with Crippen molar-refractivity contribution in [1.29, 1.82) is 0 Å². The van der Waals surface area contributed by atoms with Crippen LogP contribution in [0.2, 0.25) is 0 Å². The van der Waals surface area contributed by atoms with Gasteiger partial charge in [-0.15, -0.1) is 0 Å². The first kappa shape index (κ1) is 16.3. The molecule has 2 fully saturated rings. The summed E-state index contributed by atoms with van der Waals surface area (Å²) >= 11 is 0. The Hall–Kier alpha value is -0.120. The van der Waals surface area contributed by atoms with Crippen LogP contribution in [0.3, 0.4) is 0 Å².